The van der Waals surface area contributed by atoms with Crippen LogP contribution in [0.25, 0.3) is 0 Å². The monoisotopic (exact) mass is 303 g/mol. The van der Waals surface area contributed by atoms with Crippen molar-refractivity contribution >= 4 is 21.4 Å². The molecule has 2 rings (SSSR count). The first kappa shape index (κ1) is 15.0. The van der Waals surface area contributed by atoms with E-state index in [1.165, 1.54) is 30.6 Å². The van der Waals surface area contributed by atoms with Crippen LogP contribution >= 0.6 is 11.3 Å². The van der Waals surface area contributed by atoms with Gasteiger partial charge in [-0.15, -0.1) is 11.3 Å². The molecule has 0 bridgehead atoms. The van der Waals surface area contributed by atoms with Gasteiger partial charge >= 0.3 is 0 Å². The highest BCUT2D eigenvalue weighted by Gasteiger charge is 2.24. The molecule has 1 aliphatic rings. The molecule has 0 aromatic carbocycles. The summed E-state index contributed by atoms with van der Waals surface area (Å²) in [7, 11) is -3.49. The molecule has 0 spiro atoms. The van der Waals surface area contributed by atoms with Gasteiger partial charge in [0.25, 0.3) is 0 Å². The van der Waals surface area contributed by atoms with Crippen LogP contribution in [0.2, 0.25) is 0 Å². The first-order chi connectivity index (χ1) is 9.04. The fourth-order valence-electron chi connectivity index (χ4n) is 2.65. The first-order valence-electron chi connectivity index (χ1n) is 6.72. The topological polar surface area (TPSA) is 66.4 Å². The lowest BCUT2D eigenvalue weighted by Crippen LogP contribution is -2.31. The molecule has 1 aromatic rings. The molecule has 1 aromatic heterocycles. The van der Waals surface area contributed by atoms with E-state index in [0.29, 0.717) is 22.9 Å². The number of aliphatic hydroxyl groups is 1. The average molecular weight is 303 g/mol. The largest absolute Gasteiger partial charge is 0.391 e. The third-order valence-electron chi connectivity index (χ3n) is 3.69. The van der Waals surface area contributed by atoms with Crippen molar-refractivity contribution in [2.24, 2.45) is 5.92 Å². The minimum atomic E-state index is -3.49. The maximum Gasteiger partial charge on any atom is 0.242 e. The molecule has 0 atom stereocenters. The summed E-state index contributed by atoms with van der Waals surface area (Å²) in [6.07, 6.45) is 5.88. The zero-order valence-corrected chi connectivity index (χ0v) is 12.8. The summed E-state index contributed by atoms with van der Waals surface area (Å²) in [5.41, 5.74) is 0.713. The minimum Gasteiger partial charge on any atom is -0.391 e. The molecule has 108 valence electrons. The molecular formula is C13H21NO3S2. The lowest BCUT2D eigenvalue weighted by Gasteiger charge is -2.21. The highest BCUT2D eigenvalue weighted by Crippen LogP contribution is 2.28. The predicted molar refractivity (Wildman–Crippen MR) is 76.7 cm³/mol. The standard InChI is InChI=1S/C13H21NO3S2/c1-10-9-18-12(8-15)13(10)19(16,17)14-7-11-5-3-2-4-6-11/h9,11,14-15H,2-8H2,1H3. The van der Waals surface area contributed by atoms with E-state index in [4.69, 9.17) is 0 Å². The third-order valence-corrected chi connectivity index (χ3v) is 6.56. The molecule has 1 aliphatic carbocycles. The maximum absolute atomic E-state index is 12.3. The van der Waals surface area contributed by atoms with Gasteiger partial charge in [-0.25, -0.2) is 13.1 Å². The zero-order valence-electron chi connectivity index (χ0n) is 11.2. The number of nitrogens with one attached hydrogen (secondary N) is 1. The van der Waals surface area contributed by atoms with E-state index in [9.17, 15) is 13.5 Å². The number of hydrogen-bond donors (Lipinski definition) is 2. The molecule has 0 unspecified atom stereocenters. The Morgan fingerprint density at radius 2 is 2.05 bits per heavy atom. The molecule has 0 radical (unpaired) electrons. The van der Waals surface area contributed by atoms with E-state index in [0.717, 1.165) is 12.8 Å². The van der Waals surface area contributed by atoms with E-state index in [1.54, 1.807) is 12.3 Å². The Bertz CT molecular complexity index is 516. The van der Waals surface area contributed by atoms with Crippen LogP contribution in [0.3, 0.4) is 0 Å². The summed E-state index contributed by atoms with van der Waals surface area (Å²) in [6, 6.07) is 0. The van der Waals surface area contributed by atoms with Gasteiger partial charge in [-0.2, -0.15) is 0 Å². The van der Waals surface area contributed by atoms with Gasteiger partial charge in [0.1, 0.15) is 4.90 Å². The SMILES string of the molecule is Cc1csc(CO)c1S(=O)(=O)NCC1CCCCC1. The number of aliphatic hydroxyl groups excluding tert-OH is 1. The van der Waals surface area contributed by atoms with Crippen LogP contribution in [0.1, 0.15) is 42.5 Å². The van der Waals surface area contributed by atoms with Gasteiger partial charge in [0.2, 0.25) is 10.0 Å². The summed E-state index contributed by atoms with van der Waals surface area (Å²) in [4.78, 5) is 0.796. The van der Waals surface area contributed by atoms with Crippen LogP contribution in [0.15, 0.2) is 10.3 Å². The number of thiophene rings is 1. The number of hydrogen-bond acceptors (Lipinski definition) is 4. The summed E-state index contributed by atoms with van der Waals surface area (Å²) in [6.45, 7) is 2.06. The highest BCUT2D eigenvalue weighted by atomic mass is 32.2. The maximum atomic E-state index is 12.3. The fourth-order valence-corrected chi connectivity index (χ4v) is 5.42. The second-order valence-corrected chi connectivity index (χ2v) is 7.85. The fraction of sp³-hybridized carbons (Fsp3) is 0.692. The van der Waals surface area contributed by atoms with Crippen molar-refractivity contribution in [2.75, 3.05) is 6.54 Å². The molecule has 0 amide bonds. The molecule has 2 N–H and O–H groups in total. The molecule has 4 nitrogen and oxygen atoms in total. The van der Waals surface area contributed by atoms with E-state index in [2.05, 4.69) is 4.72 Å². The second kappa shape index (κ2) is 6.35. The van der Waals surface area contributed by atoms with Crippen LogP contribution in [0, 0.1) is 12.8 Å². The first-order valence-corrected chi connectivity index (χ1v) is 9.08. The van der Waals surface area contributed by atoms with Gasteiger partial charge in [-0.05, 0) is 36.6 Å². The lowest BCUT2D eigenvalue weighted by molar-refractivity contribution is 0.282. The molecular weight excluding hydrogens is 282 g/mol. The van der Waals surface area contributed by atoms with E-state index >= 15 is 0 Å². The van der Waals surface area contributed by atoms with Crippen molar-refractivity contribution in [3.05, 3.63) is 15.8 Å². The Balaban J connectivity index is 2.07. The van der Waals surface area contributed by atoms with Crippen LogP contribution in [-0.4, -0.2) is 20.1 Å². The van der Waals surface area contributed by atoms with Crippen LogP contribution < -0.4 is 4.72 Å². The Morgan fingerprint density at radius 3 is 2.68 bits per heavy atom. The quantitative estimate of drug-likeness (QED) is 0.878. The van der Waals surface area contributed by atoms with Crippen molar-refractivity contribution in [1.29, 1.82) is 0 Å². The van der Waals surface area contributed by atoms with Crippen LogP contribution in [0.5, 0.6) is 0 Å². The van der Waals surface area contributed by atoms with Crippen molar-refractivity contribution in [3.8, 4) is 0 Å². The van der Waals surface area contributed by atoms with Crippen LogP contribution in [0.4, 0.5) is 0 Å². The van der Waals surface area contributed by atoms with Gasteiger partial charge in [0, 0.05) is 6.54 Å². The van der Waals surface area contributed by atoms with Gasteiger partial charge in [0.05, 0.1) is 11.5 Å². The van der Waals surface area contributed by atoms with Crippen molar-refractivity contribution in [1.82, 2.24) is 4.72 Å². The Kier molecular flexibility index (Phi) is 5.00. The number of rotatable bonds is 5. The molecule has 1 saturated carbocycles. The Labute approximate surface area is 118 Å². The van der Waals surface area contributed by atoms with E-state index < -0.39 is 10.0 Å². The van der Waals surface area contributed by atoms with Gasteiger partial charge < -0.3 is 5.11 Å². The molecule has 0 saturated heterocycles. The van der Waals surface area contributed by atoms with Gasteiger partial charge in [0.15, 0.2) is 0 Å². The summed E-state index contributed by atoms with van der Waals surface area (Å²) < 4.78 is 27.4. The summed E-state index contributed by atoms with van der Waals surface area (Å²) >= 11 is 1.30. The Hall–Kier alpha value is -0.430. The minimum absolute atomic E-state index is 0.224. The molecule has 0 aliphatic heterocycles. The zero-order chi connectivity index (χ0) is 13.9. The predicted octanol–water partition coefficient (Wildman–Crippen LogP) is 2.41. The molecule has 1 fully saturated rings. The molecule has 19 heavy (non-hydrogen) atoms. The average Bonchev–Trinajstić information content (AvgIpc) is 2.80. The number of aryl methyl sites for hydroxylation is 1. The second-order valence-electron chi connectivity index (χ2n) is 5.19. The van der Waals surface area contributed by atoms with Crippen molar-refractivity contribution in [3.63, 3.8) is 0 Å². The smallest absolute Gasteiger partial charge is 0.242 e. The summed E-state index contributed by atoms with van der Waals surface area (Å²) in [5.74, 6) is 0.458. The highest BCUT2D eigenvalue weighted by molar-refractivity contribution is 7.89. The molecule has 6 heteroatoms. The third kappa shape index (κ3) is 3.56. The van der Waals surface area contributed by atoms with Crippen LogP contribution in [-0.2, 0) is 16.6 Å². The van der Waals surface area contributed by atoms with Gasteiger partial charge in [-0.3, -0.25) is 0 Å². The van der Waals surface area contributed by atoms with Crippen molar-refractivity contribution < 1.29 is 13.5 Å². The lowest BCUT2D eigenvalue weighted by atomic mass is 9.90. The number of sulfonamides is 1. The summed E-state index contributed by atoms with van der Waals surface area (Å²) in [5, 5.41) is 11.0. The van der Waals surface area contributed by atoms with Crippen molar-refractivity contribution in [2.45, 2.75) is 50.5 Å². The van der Waals surface area contributed by atoms with Gasteiger partial charge in [-0.1, -0.05) is 19.3 Å². The Morgan fingerprint density at radius 1 is 1.37 bits per heavy atom. The van der Waals surface area contributed by atoms with E-state index in [-0.39, 0.29) is 11.5 Å². The van der Waals surface area contributed by atoms with E-state index in [1.807, 2.05) is 0 Å². The molecule has 1 heterocycles. The normalized spacial score (nSPS) is 17.8.